The van der Waals surface area contributed by atoms with Crippen molar-refractivity contribution in [3.05, 3.63) is 40.7 Å². The van der Waals surface area contributed by atoms with Gasteiger partial charge in [-0.05, 0) is 32.0 Å². The van der Waals surface area contributed by atoms with Gasteiger partial charge in [-0.3, -0.25) is 24.7 Å². The van der Waals surface area contributed by atoms with Crippen molar-refractivity contribution >= 4 is 27.5 Å². The topological polar surface area (TPSA) is 121 Å². The second-order valence-electron chi connectivity index (χ2n) is 4.91. The number of carbonyl (C=O) groups excluding carboxylic acids is 2. The Balaban J connectivity index is 1.99. The van der Waals surface area contributed by atoms with Crippen molar-refractivity contribution < 1.29 is 18.0 Å². The molecular weight excluding hydrogens is 308 g/mol. The summed E-state index contributed by atoms with van der Waals surface area (Å²) in [7, 11) is -3.84. The normalized spacial score (nSPS) is 13.9. The molecule has 1 aliphatic rings. The summed E-state index contributed by atoms with van der Waals surface area (Å²) in [5, 5.41) is 8.60. The molecule has 0 atom stereocenters. The van der Waals surface area contributed by atoms with Crippen LogP contribution < -0.4 is 10.0 Å². The number of H-pyrrole nitrogens is 1. The summed E-state index contributed by atoms with van der Waals surface area (Å²) in [5.74, 6) is -1.03. The average molecular weight is 320 g/mol. The van der Waals surface area contributed by atoms with Crippen LogP contribution in [0.4, 0.5) is 5.69 Å². The average Bonchev–Trinajstić information content (AvgIpc) is 2.90. The second kappa shape index (κ2) is 4.67. The van der Waals surface area contributed by atoms with E-state index >= 15 is 0 Å². The molecule has 2 amide bonds. The van der Waals surface area contributed by atoms with E-state index < -0.39 is 21.8 Å². The molecule has 0 aliphatic carbocycles. The van der Waals surface area contributed by atoms with Crippen molar-refractivity contribution in [1.82, 2.24) is 15.5 Å². The number of imide groups is 1. The Kier molecular flexibility index (Phi) is 3.03. The third-order valence-electron chi connectivity index (χ3n) is 3.32. The molecule has 0 saturated heterocycles. The van der Waals surface area contributed by atoms with Gasteiger partial charge in [0.05, 0.1) is 22.5 Å². The van der Waals surface area contributed by atoms with Crippen LogP contribution in [0.25, 0.3) is 0 Å². The van der Waals surface area contributed by atoms with Crippen molar-refractivity contribution in [2.75, 3.05) is 4.72 Å². The minimum absolute atomic E-state index is 0.0635. The fourth-order valence-corrected chi connectivity index (χ4v) is 3.80. The van der Waals surface area contributed by atoms with Crippen molar-refractivity contribution in [2.45, 2.75) is 18.7 Å². The van der Waals surface area contributed by atoms with Gasteiger partial charge in [0.25, 0.3) is 21.8 Å². The van der Waals surface area contributed by atoms with Crippen LogP contribution in [0.2, 0.25) is 0 Å². The number of carbonyl (C=O) groups is 2. The number of fused-ring (bicyclic) bond motifs is 1. The first-order valence-corrected chi connectivity index (χ1v) is 7.82. The molecule has 0 fully saturated rings. The van der Waals surface area contributed by atoms with Crippen LogP contribution >= 0.6 is 0 Å². The van der Waals surface area contributed by atoms with Gasteiger partial charge in [0.15, 0.2) is 0 Å². The van der Waals surface area contributed by atoms with Crippen LogP contribution in [-0.2, 0) is 10.0 Å². The van der Waals surface area contributed by atoms with Crippen molar-refractivity contribution in [3.63, 3.8) is 0 Å². The number of amides is 2. The van der Waals surface area contributed by atoms with E-state index in [0.717, 1.165) is 0 Å². The number of anilines is 1. The largest absolute Gasteiger partial charge is 0.288 e. The molecule has 1 aliphatic heterocycles. The Morgan fingerprint density at radius 1 is 1.09 bits per heavy atom. The van der Waals surface area contributed by atoms with Gasteiger partial charge in [-0.15, -0.1) is 0 Å². The van der Waals surface area contributed by atoms with Gasteiger partial charge in [-0.25, -0.2) is 8.42 Å². The highest BCUT2D eigenvalue weighted by Crippen LogP contribution is 2.24. The molecule has 2 aromatic rings. The van der Waals surface area contributed by atoms with Gasteiger partial charge >= 0.3 is 0 Å². The van der Waals surface area contributed by atoms with Gasteiger partial charge in [0.1, 0.15) is 4.90 Å². The standard InChI is InChI=1S/C13H12N4O4S/c1-6-11(7(2)16-15-6)22(20,21)17-8-3-4-9-10(5-8)13(19)14-12(9)18/h3-5,17H,1-2H3,(H,15,16)(H,14,18,19). The minimum Gasteiger partial charge on any atom is -0.288 e. The number of aromatic amines is 1. The molecule has 0 unspecified atom stereocenters. The fraction of sp³-hybridized carbons (Fsp3) is 0.154. The van der Waals surface area contributed by atoms with Crippen LogP contribution in [0.5, 0.6) is 0 Å². The highest BCUT2D eigenvalue weighted by Gasteiger charge is 2.28. The fourth-order valence-electron chi connectivity index (χ4n) is 2.37. The zero-order valence-corrected chi connectivity index (χ0v) is 12.5. The molecule has 0 bridgehead atoms. The van der Waals surface area contributed by atoms with Crippen LogP contribution in [0.15, 0.2) is 23.1 Å². The van der Waals surface area contributed by atoms with Crippen LogP contribution in [0.1, 0.15) is 32.1 Å². The van der Waals surface area contributed by atoms with E-state index in [4.69, 9.17) is 0 Å². The van der Waals surface area contributed by atoms with Gasteiger partial charge < -0.3 is 0 Å². The number of aryl methyl sites for hydroxylation is 2. The zero-order valence-electron chi connectivity index (χ0n) is 11.7. The first kappa shape index (κ1) is 14.3. The molecular formula is C13H12N4O4S. The molecule has 3 N–H and O–H groups in total. The summed E-state index contributed by atoms with van der Waals surface area (Å²) in [6, 6.07) is 4.17. The third kappa shape index (κ3) is 2.15. The lowest BCUT2D eigenvalue weighted by Gasteiger charge is -2.09. The van der Waals surface area contributed by atoms with Gasteiger partial charge in [0, 0.05) is 5.69 Å². The summed E-state index contributed by atoms with van der Waals surface area (Å²) in [5.41, 5.74) is 1.33. The number of aromatic nitrogens is 2. The Morgan fingerprint density at radius 2 is 1.77 bits per heavy atom. The highest BCUT2D eigenvalue weighted by atomic mass is 32.2. The highest BCUT2D eigenvalue weighted by molar-refractivity contribution is 7.92. The SMILES string of the molecule is Cc1n[nH]c(C)c1S(=O)(=O)Nc1ccc2c(c1)C(=O)NC2=O. The monoisotopic (exact) mass is 320 g/mol. The van der Waals surface area contributed by atoms with Gasteiger partial charge in [0.2, 0.25) is 0 Å². The maximum absolute atomic E-state index is 12.4. The molecule has 0 saturated carbocycles. The summed E-state index contributed by atoms with van der Waals surface area (Å²) >= 11 is 0. The lowest BCUT2D eigenvalue weighted by atomic mass is 10.1. The maximum Gasteiger partial charge on any atom is 0.265 e. The zero-order chi connectivity index (χ0) is 16.1. The van der Waals surface area contributed by atoms with Crippen LogP contribution in [0.3, 0.4) is 0 Å². The number of hydrogen-bond donors (Lipinski definition) is 3. The molecule has 3 rings (SSSR count). The molecule has 8 nitrogen and oxygen atoms in total. The Morgan fingerprint density at radius 3 is 2.41 bits per heavy atom. The van der Waals surface area contributed by atoms with Crippen LogP contribution in [-0.4, -0.2) is 30.4 Å². The number of sulfonamides is 1. The number of rotatable bonds is 3. The predicted octanol–water partition coefficient (Wildman–Crippen LogP) is 0.711. The van der Waals surface area contributed by atoms with E-state index in [1.165, 1.54) is 18.2 Å². The molecule has 22 heavy (non-hydrogen) atoms. The summed E-state index contributed by atoms with van der Waals surface area (Å²) in [4.78, 5) is 23.1. The molecule has 2 heterocycles. The molecule has 0 spiro atoms. The summed E-state index contributed by atoms with van der Waals surface area (Å²) in [6.45, 7) is 3.18. The van der Waals surface area contributed by atoms with Crippen LogP contribution in [0, 0.1) is 13.8 Å². The summed E-state index contributed by atoms with van der Waals surface area (Å²) < 4.78 is 27.2. The quantitative estimate of drug-likeness (QED) is 0.719. The van der Waals surface area contributed by atoms with E-state index in [2.05, 4.69) is 20.2 Å². The van der Waals surface area contributed by atoms with E-state index in [1.807, 2.05) is 0 Å². The Hall–Kier alpha value is -2.68. The van der Waals surface area contributed by atoms with E-state index in [1.54, 1.807) is 13.8 Å². The lowest BCUT2D eigenvalue weighted by Crippen LogP contribution is -2.19. The smallest absolute Gasteiger partial charge is 0.265 e. The van der Waals surface area contributed by atoms with Gasteiger partial charge in [-0.1, -0.05) is 0 Å². The number of benzene rings is 1. The Bertz CT molecular complexity index is 895. The first-order chi connectivity index (χ1) is 10.3. The van der Waals surface area contributed by atoms with E-state index in [0.29, 0.717) is 11.4 Å². The first-order valence-electron chi connectivity index (χ1n) is 6.34. The van der Waals surface area contributed by atoms with E-state index in [-0.39, 0.29) is 21.7 Å². The third-order valence-corrected chi connectivity index (χ3v) is 4.96. The van der Waals surface area contributed by atoms with Crippen molar-refractivity contribution in [1.29, 1.82) is 0 Å². The predicted molar refractivity (Wildman–Crippen MR) is 77.1 cm³/mol. The minimum atomic E-state index is -3.84. The Labute approximate surface area is 126 Å². The maximum atomic E-state index is 12.4. The van der Waals surface area contributed by atoms with Gasteiger partial charge in [-0.2, -0.15) is 5.10 Å². The van der Waals surface area contributed by atoms with E-state index in [9.17, 15) is 18.0 Å². The molecule has 1 aromatic carbocycles. The number of hydrogen-bond acceptors (Lipinski definition) is 5. The summed E-state index contributed by atoms with van der Waals surface area (Å²) in [6.07, 6.45) is 0. The van der Waals surface area contributed by atoms with Crippen molar-refractivity contribution in [3.8, 4) is 0 Å². The molecule has 9 heteroatoms. The lowest BCUT2D eigenvalue weighted by molar-refractivity contribution is 0.0879. The number of nitrogens with one attached hydrogen (secondary N) is 3. The molecule has 114 valence electrons. The number of nitrogens with zero attached hydrogens (tertiary/aromatic N) is 1. The second-order valence-corrected chi connectivity index (χ2v) is 6.53. The molecule has 0 radical (unpaired) electrons. The molecule has 1 aromatic heterocycles. The van der Waals surface area contributed by atoms with Crippen molar-refractivity contribution in [2.24, 2.45) is 0 Å².